The van der Waals surface area contributed by atoms with E-state index in [1.54, 1.807) is 14.2 Å². The molecule has 0 radical (unpaired) electrons. The summed E-state index contributed by atoms with van der Waals surface area (Å²) in [7, 11) is 3.27. The van der Waals surface area contributed by atoms with E-state index in [0.717, 1.165) is 35.8 Å². The Labute approximate surface area is 136 Å². The number of hydrogen-bond acceptors (Lipinski definition) is 4. The molecule has 0 saturated carbocycles. The molecule has 118 valence electrons. The maximum absolute atomic E-state index is 5.80. The van der Waals surface area contributed by atoms with Gasteiger partial charge < -0.3 is 14.2 Å². The number of hydrogen-bond donors (Lipinski definition) is 1. The summed E-state index contributed by atoms with van der Waals surface area (Å²) in [6.45, 7) is 1.20. The summed E-state index contributed by atoms with van der Waals surface area (Å²) in [5, 5.41) is 0. The topological polar surface area (TPSA) is 39.7 Å². The molecular formula is C17H20ClNO3. The van der Waals surface area contributed by atoms with Crippen LogP contribution in [0.25, 0.3) is 0 Å². The highest BCUT2D eigenvalue weighted by Gasteiger charge is 2.03. The molecule has 0 amide bonds. The second-order valence-electron chi connectivity index (χ2n) is 4.79. The van der Waals surface area contributed by atoms with Crippen molar-refractivity contribution in [2.24, 2.45) is 0 Å². The van der Waals surface area contributed by atoms with Crippen molar-refractivity contribution < 1.29 is 14.2 Å². The molecule has 0 saturated heterocycles. The number of halogens is 1. The van der Waals surface area contributed by atoms with Crippen LogP contribution in [-0.4, -0.2) is 20.8 Å². The number of benzene rings is 2. The smallest absolute Gasteiger partial charge is 0.122 e. The number of ether oxygens (including phenoxy) is 3. The van der Waals surface area contributed by atoms with Gasteiger partial charge in [-0.1, -0.05) is 12.1 Å². The SMILES string of the molecule is COc1cc(COc2ccc(CCNCl)cc2)cc(OC)c1. The molecule has 5 heteroatoms. The Bertz CT molecular complexity index is 565. The van der Waals surface area contributed by atoms with Crippen LogP contribution >= 0.6 is 11.8 Å². The second kappa shape index (κ2) is 8.51. The highest BCUT2D eigenvalue weighted by Crippen LogP contribution is 2.23. The first-order chi connectivity index (χ1) is 10.7. The molecule has 0 unspecified atom stereocenters. The van der Waals surface area contributed by atoms with Crippen LogP contribution in [0.3, 0.4) is 0 Å². The van der Waals surface area contributed by atoms with Gasteiger partial charge in [0.1, 0.15) is 23.9 Å². The highest BCUT2D eigenvalue weighted by molar-refractivity contribution is 6.13. The van der Waals surface area contributed by atoms with Crippen LogP contribution in [0.5, 0.6) is 17.2 Å². The number of rotatable bonds is 8. The molecule has 2 aromatic rings. The Kier molecular flexibility index (Phi) is 6.37. The van der Waals surface area contributed by atoms with E-state index in [1.807, 2.05) is 42.5 Å². The lowest BCUT2D eigenvalue weighted by atomic mass is 10.1. The molecule has 4 nitrogen and oxygen atoms in total. The van der Waals surface area contributed by atoms with E-state index >= 15 is 0 Å². The van der Waals surface area contributed by atoms with E-state index in [0.29, 0.717) is 6.61 Å². The zero-order chi connectivity index (χ0) is 15.8. The van der Waals surface area contributed by atoms with Crippen LogP contribution in [0, 0.1) is 0 Å². The van der Waals surface area contributed by atoms with Gasteiger partial charge in [-0.2, -0.15) is 0 Å². The average molecular weight is 322 g/mol. The molecule has 0 aliphatic heterocycles. The van der Waals surface area contributed by atoms with Crippen molar-refractivity contribution in [3.8, 4) is 17.2 Å². The monoisotopic (exact) mass is 321 g/mol. The Balaban J connectivity index is 1.97. The maximum Gasteiger partial charge on any atom is 0.122 e. The van der Waals surface area contributed by atoms with Crippen LogP contribution in [0.4, 0.5) is 0 Å². The Hall–Kier alpha value is -1.91. The zero-order valence-electron chi connectivity index (χ0n) is 12.8. The van der Waals surface area contributed by atoms with Gasteiger partial charge in [-0.25, -0.2) is 4.84 Å². The summed E-state index contributed by atoms with van der Waals surface area (Å²) in [5.74, 6) is 2.33. The minimum absolute atomic E-state index is 0.455. The maximum atomic E-state index is 5.80. The molecule has 2 rings (SSSR count). The van der Waals surface area contributed by atoms with Crippen molar-refractivity contribution >= 4 is 11.8 Å². The molecule has 2 aromatic carbocycles. The van der Waals surface area contributed by atoms with E-state index < -0.39 is 0 Å². The van der Waals surface area contributed by atoms with E-state index in [4.69, 9.17) is 26.0 Å². The molecular weight excluding hydrogens is 302 g/mol. The van der Waals surface area contributed by atoms with Gasteiger partial charge in [0.25, 0.3) is 0 Å². The largest absolute Gasteiger partial charge is 0.497 e. The normalized spacial score (nSPS) is 10.3. The van der Waals surface area contributed by atoms with Crippen LogP contribution in [0.1, 0.15) is 11.1 Å². The summed E-state index contributed by atoms with van der Waals surface area (Å²) in [6.07, 6.45) is 0.886. The van der Waals surface area contributed by atoms with Crippen molar-refractivity contribution in [3.05, 3.63) is 53.6 Å². The summed E-state index contributed by atoms with van der Waals surface area (Å²) in [4.78, 5) is 2.62. The molecule has 0 heterocycles. The van der Waals surface area contributed by atoms with Crippen molar-refractivity contribution in [1.82, 2.24) is 4.84 Å². The standard InChI is InChI=1S/C17H20ClNO3/c1-20-16-9-14(10-17(11-16)21-2)12-22-15-5-3-13(4-6-15)7-8-19-18/h3-6,9-11,19H,7-8,12H2,1-2H3. The van der Waals surface area contributed by atoms with Crippen LogP contribution in [0.15, 0.2) is 42.5 Å². The quantitative estimate of drug-likeness (QED) is 0.755. The molecule has 22 heavy (non-hydrogen) atoms. The number of methoxy groups -OCH3 is 2. The fourth-order valence-electron chi connectivity index (χ4n) is 2.06. The van der Waals surface area contributed by atoms with Gasteiger partial charge in [0.15, 0.2) is 0 Å². The lowest BCUT2D eigenvalue weighted by molar-refractivity contribution is 0.303. The molecule has 0 bridgehead atoms. The predicted molar refractivity (Wildman–Crippen MR) is 87.9 cm³/mol. The lowest BCUT2D eigenvalue weighted by Gasteiger charge is -2.10. The fourth-order valence-corrected chi connectivity index (χ4v) is 2.15. The van der Waals surface area contributed by atoms with E-state index in [1.165, 1.54) is 5.56 Å². The predicted octanol–water partition coefficient (Wildman–Crippen LogP) is 3.57. The summed E-state index contributed by atoms with van der Waals surface area (Å²) >= 11 is 5.45. The van der Waals surface area contributed by atoms with E-state index in [-0.39, 0.29) is 0 Å². The third kappa shape index (κ3) is 4.83. The molecule has 0 fully saturated rings. The Morgan fingerprint density at radius 3 is 2.05 bits per heavy atom. The van der Waals surface area contributed by atoms with Gasteiger partial charge in [0.05, 0.1) is 14.2 Å². The minimum Gasteiger partial charge on any atom is -0.497 e. The summed E-state index contributed by atoms with van der Waals surface area (Å²) in [5.41, 5.74) is 2.20. The van der Waals surface area contributed by atoms with Gasteiger partial charge in [-0.15, -0.1) is 0 Å². The highest BCUT2D eigenvalue weighted by atomic mass is 35.5. The minimum atomic E-state index is 0.455. The third-order valence-corrected chi connectivity index (χ3v) is 3.44. The molecule has 0 aliphatic rings. The van der Waals surface area contributed by atoms with E-state index in [2.05, 4.69) is 4.84 Å². The second-order valence-corrected chi connectivity index (χ2v) is 5.05. The third-order valence-electron chi connectivity index (χ3n) is 3.25. The zero-order valence-corrected chi connectivity index (χ0v) is 13.5. The molecule has 1 N–H and O–H groups in total. The summed E-state index contributed by atoms with van der Waals surface area (Å²) < 4.78 is 16.3. The Morgan fingerprint density at radius 2 is 1.50 bits per heavy atom. The first kappa shape index (κ1) is 16.5. The molecule has 0 atom stereocenters. The van der Waals surface area contributed by atoms with Crippen molar-refractivity contribution in [1.29, 1.82) is 0 Å². The first-order valence-electron chi connectivity index (χ1n) is 7.02. The van der Waals surface area contributed by atoms with Crippen molar-refractivity contribution in [2.45, 2.75) is 13.0 Å². The van der Waals surface area contributed by atoms with Crippen molar-refractivity contribution in [3.63, 3.8) is 0 Å². The summed E-state index contributed by atoms with van der Waals surface area (Å²) in [6, 6.07) is 13.7. The van der Waals surface area contributed by atoms with Crippen molar-refractivity contribution in [2.75, 3.05) is 20.8 Å². The van der Waals surface area contributed by atoms with Crippen LogP contribution in [-0.2, 0) is 13.0 Å². The molecule has 0 aromatic heterocycles. The Morgan fingerprint density at radius 1 is 0.864 bits per heavy atom. The first-order valence-corrected chi connectivity index (χ1v) is 7.40. The lowest BCUT2D eigenvalue weighted by Crippen LogP contribution is -2.04. The number of nitrogens with one attached hydrogen (secondary N) is 1. The van der Waals surface area contributed by atoms with Gasteiger partial charge in [0.2, 0.25) is 0 Å². The van der Waals surface area contributed by atoms with Gasteiger partial charge >= 0.3 is 0 Å². The van der Waals surface area contributed by atoms with E-state index in [9.17, 15) is 0 Å². The van der Waals surface area contributed by atoms with Crippen LogP contribution in [0.2, 0.25) is 0 Å². The van der Waals surface area contributed by atoms with Crippen LogP contribution < -0.4 is 19.0 Å². The fraction of sp³-hybridized carbons (Fsp3) is 0.294. The molecule has 0 aliphatic carbocycles. The molecule has 0 spiro atoms. The van der Waals surface area contributed by atoms with Gasteiger partial charge in [-0.05, 0) is 53.6 Å². The van der Waals surface area contributed by atoms with Gasteiger partial charge in [-0.3, -0.25) is 0 Å². The average Bonchev–Trinajstić information content (AvgIpc) is 2.58. The van der Waals surface area contributed by atoms with Gasteiger partial charge in [0, 0.05) is 12.6 Å².